The maximum absolute atomic E-state index is 14.0. The van der Waals surface area contributed by atoms with Gasteiger partial charge in [-0.3, -0.25) is 0 Å². The Labute approximate surface area is 288 Å². The molecule has 4 heterocycles. The van der Waals surface area contributed by atoms with Gasteiger partial charge in [-0.05, 0) is 55.5 Å². The van der Waals surface area contributed by atoms with Crippen molar-refractivity contribution >= 4 is 27.5 Å². The summed E-state index contributed by atoms with van der Waals surface area (Å²) >= 11 is 1.30. The molecule has 1 amide bonds. The maximum atomic E-state index is 14.0. The molecule has 6 rings (SSSR count). The number of aromatic nitrogens is 1. The third kappa shape index (κ3) is 8.21. The Morgan fingerprint density at radius 1 is 1.19 bits per heavy atom. The quantitative estimate of drug-likeness (QED) is 0.251. The molecule has 15 heteroatoms. The van der Waals surface area contributed by atoms with Gasteiger partial charge in [0.15, 0.2) is 17.8 Å². The second kappa shape index (κ2) is 15.0. The van der Waals surface area contributed by atoms with Gasteiger partial charge in [0.1, 0.15) is 18.4 Å². The van der Waals surface area contributed by atoms with E-state index < -0.39 is 53.7 Å². The number of nitrogens with one attached hydrogen (secondary N) is 1. The van der Waals surface area contributed by atoms with Gasteiger partial charge < -0.3 is 38.8 Å². The van der Waals surface area contributed by atoms with Gasteiger partial charge in [0, 0.05) is 24.5 Å². The van der Waals surface area contributed by atoms with Crippen LogP contribution in [-0.2, 0) is 37.2 Å². The van der Waals surface area contributed by atoms with Crippen LogP contribution in [0.1, 0.15) is 40.6 Å². The normalized spacial score (nSPS) is 23.2. The van der Waals surface area contributed by atoms with Crippen molar-refractivity contribution in [2.45, 2.75) is 69.6 Å². The lowest BCUT2D eigenvalue weighted by atomic mass is 10.0. The van der Waals surface area contributed by atoms with E-state index in [0.29, 0.717) is 29.3 Å². The maximum Gasteiger partial charge on any atom is 0.407 e. The van der Waals surface area contributed by atoms with E-state index in [-0.39, 0.29) is 60.3 Å². The first-order chi connectivity index (χ1) is 24.1. The summed E-state index contributed by atoms with van der Waals surface area (Å²) in [4.78, 5) is 17.4. The molecule has 0 bridgehead atoms. The van der Waals surface area contributed by atoms with Crippen molar-refractivity contribution in [3.8, 4) is 17.2 Å². The highest BCUT2D eigenvalue weighted by atomic mass is 32.2. The highest BCUT2D eigenvalue weighted by Gasteiger charge is 2.44. The van der Waals surface area contributed by atoms with Gasteiger partial charge in [-0.2, -0.15) is 4.31 Å². The molecule has 0 saturated carbocycles. The van der Waals surface area contributed by atoms with Crippen molar-refractivity contribution in [2.75, 3.05) is 33.1 Å². The van der Waals surface area contributed by atoms with Crippen LogP contribution in [0.25, 0.3) is 0 Å². The van der Waals surface area contributed by atoms with E-state index in [2.05, 4.69) is 10.3 Å². The minimum absolute atomic E-state index is 0.0375. The van der Waals surface area contributed by atoms with Gasteiger partial charge in [0.05, 0.1) is 51.0 Å². The van der Waals surface area contributed by atoms with Crippen molar-refractivity contribution < 1.29 is 50.9 Å². The fourth-order valence-electron chi connectivity index (χ4n) is 5.70. The molecular weight excluding hydrogens is 663 g/mol. The van der Waals surface area contributed by atoms with E-state index in [9.17, 15) is 18.3 Å². The second-order valence-corrected chi connectivity index (χ2v) is 15.2. The zero-order valence-corrected chi connectivity index (χ0v) is 28.4. The van der Waals surface area contributed by atoms with Gasteiger partial charge in [-0.1, -0.05) is 26.0 Å². The molecule has 0 radical (unpaired) electrons. The van der Waals surface area contributed by atoms with E-state index in [0.717, 1.165) is 4.31 Å². The molecule has 13 nitrogen and oxygen atoms in total. The number of nitrogens with zero attached hydrogens (tertiary/aromatic N) is 2. The Morgan fingerprint density at radius 3 is 2.73 bits per heavy atom. The molecule has 2 saturated heterocycles. The molecule has 3 aliphatic rings. The van der Waals surface area contributed by atoms with E-state index >= 15 is 0 Å². The van der Waals surface area contributed by atoms with Crippen molar-refractivity contribution in [3.05, 3.63) is 64.1 Å². The molecule has 5 atom stereocenters. The number of rotatable bonds is 14. The number of ether oxygens (including phenoxy) is 6. The number of hydrogen-bond acceptors (Lipinski definition) is 12. The molecule has 3 aromatic rings. The monoisotopic (exact) mass is 706 g/mol. The average Bonchev–Trinajstić information content (AvgIpc) is 3.87. The van der Waals surface area contributed by atoms with E-state index in [4.69, 9.17) is 32.5 Å². The summed E-state index contributed by atoms with van der Waals surface area (Å²) in [5, 5.41) is 16.7. The van der Waals surface area contributed by atoms with Gasteiger partial charge in [-0.15, -0.1) is 11.3 Å². The van der Waals surface area contributed by atoms with E-state index in [1.54, 1.807) is 24.4 Å². The lowest BCUT2D eigenvalue weighted by Crippen LogP contribution is -2.51. The van der Waals surface area contributed by atoms with Crippen LogP contribution in [0.5, 0.6) is 17.2 Å². The van der Waals surface area contributed by atoms with Crippen LogP contribution < -0.4 is 19.5 Å². The molecule has 2 fully saturated rings. The molecular formula is C33H41N3O10S2. The number of benzene rings is 2. The Kier molecular flexibility index (Phi) is 9.53. The minimum atomic E-state index is -4.27. The van der Waals surface area contributed by atoms with Crippen LogP contribution in [0.2, 0.25) is 0 Å². The summed E-state index contributed by atoms with van der Waals surface area (Å²) in [6.45, 7) is 3.01. The fourth-order valence-corrected chi connectivity index (χ4v) is 7.82. The summed E-state index contributed by atoms with van der Waals surface area (Å²) in [7, 11) is -4.27. The summed E-state index contributed by atoms with van der Waals surface area (Å²) in [6.07, 6.45) is -4.03. The number of sulfonamides is 1. The molecule has 260 valence electrons. The van der Waals surface area contributed by atoms with Crippen LogP contribution in [0.3, 0.4) is 0 Å². The van der Waals surface area contributed by atoms with Crippen LogP contribution in [0, 0.1) is 18.8 Å². The lowest BCUT2D eigenvalue weighted by molar-refractivity contribution is -0.0907. The van der Waals surface area contributed by atoms with Crippen LogP contribution in [0.15, 0.2) is 52.7 Å². The van der Waals surface area contributed by atoms with Crippen molar-refractivity contribution in [1.29, 1.82) is 0 Å². The molecule has 0 spiro atoms. The predicted octanol–water partition coefficient (Wildman–Crippen LogP) is 3.87. The molecule has 0 unspecified atom stereocenters. The summed E-state index contributed by atoms with van der Waals surface area (Å²) < 4.78 is 87.9. The number of amides is 1. The van der Waals surface area contributed by atoms with E-state index in [1.807, 2.05) is 13.8 Å². The number of aryl methyl sites for hydroxylation is 1. The predicted molar refractivity (Wildman–Crippen MR) is 174 cm³/mol. The van der Waals surface area contributed by atoms with Gasteiger partial charge in [0.25, 0.3) is 0 Å². The number of alkyl carbamates (subject to hydrolysis) is 1. The SMILES string of the molecule is [2H]C([2H])(Oc1ccc(C[C@H](NC(=O)O[C@H]2CO[C@H]3OCC[C@H]32)[C@@]([2H])(O)CN(CC(C)C)S(=O)(=O)c2ccc3c(c2)OCO3)cc1)c1csc(C)n1. The van der Waals surface area contributed by atoms with E-state index in [1.165, 1.54) is 41.7 Å². The number of fused-ring (bicyclic) bond motifs is 2. The zero-order chi connectivity index (χ0) is 36.6. The first kappa shape index (κ1) is 30.6. The highest BCUT2D eigenvalue weighted by molar-refractivity contribution is 7.89. The number of thiazole rings is 1. The number of hydrogen-bond donors (Lipinski definition) is 2. The van der Waals surface area contributed by atoms with Crippen molar-refractivity contribution in [3.63, 3.8) is 0 Å². The standard InChI is InChI=1S/C33H41N3O10S2/c1-20(2)14-36(48(39,40)25-8-9-29-30(13-25)45-19-44-29)15-28(37)27(35-33(38)46-31-17-43-32-26(31)10-11-41-32)12-22-4-6-24(7-5-22)42-16-23-18-47-21(3)34-23/h4-9,13,18,20,26-28,31-32,37H,10-12,14-17,19H2,1-3H3,(H,35,38)/t26-,27-,28-,31-,32+/m0/s1/i16D2,28D. The highest BCUT2D eigenvalue weighted by Crippen LogP contribution is 2.35. The number of carbonyl (C=O) groups is 1. The summed E-state index contributed by atoms with van der Waals surface area (Å²) in [5.41, 5.74) is 0.673. The first-order valence-corrected chi connectivity index (χ1v) is 18.0. The third-order valence-electron chi connectivity index (χ3n) is 8.08. The summed E-state index contributed by atoms with van der Waals surface area (Å²) in [6, 6.07) is 9.08. The van der Waals surface area contributed by atoms with Crippen LogP contribution in [0.4, 0.5) is 4.79 Å². The molecule has 3 aliphatic heterocycles. The lowest BCUT2D eigenvalue weighted by Gasteiger charge is -2.31. The van der Waals surface area contributed by atoms with Gasteiger partial charge in [0.2, 0.25) is 16.8 Å². The summed E-state index contributed by atoms with van der Waals surface area (Å²) in [5.74, 6) is 0.522. The molecule has 2 aromatic carbocycles. The van der Waals surface area contributed by atoms with Gasteiger partial charge >= 0.3 is 6.09 Å². The smallest absolute Gasteiger partial charge is 0.407 e. The second-order valence-electron chi connectivity index (χ2n) is 12.2. The van der Waals surface area contributed by atoms with Crippen LogP contribution >= 0.6 is 11.3 Å². The Hall–Kier alpha value is -3.47. The molecule has 1 aromatic heterocycles. The number of aliphatic hydroxyl groups is 1. The minimum Gasteiger partial charge on any atom is -0.487 e. The third-order valence-corrected chi connectivity index (χ3v) is 10.7. The Bertz CT molecular complexity index is 1810. The first-order valence-electron chi connectivity index (χ1n) is 17.1. The van der Waals surface area contributed by atoms with Gasteiger partial charge in [-0.25, -0.2) is 18.2 Å². The van der Waals surface area contributed by atoms with Crippen molar-refractivity contribution in [2.24, 2.45) is 11.8 Å². The molecule has 2 N–H and O–H groups in total. The van der Waals surface area contributed by atoms with Crippen molar-refractivity contribution in [1.82, 2.24) is 14.6 Å². The average molecular weight is 707 g/mol. The molecule has 0 aliphatic carbocycles. The topological polar surface area (TPSA) is 155 Å². The Morgan fingerprint density at radius 2 is 1.98 bits per heavy atom. The number of carbonyl (C=O) groups excluding carboxylic acids is 1. The molecule has 48 heavy (non-hydrogen) atoms. The fraction of sp³-hybridized carbons (Fsp3) is 0.515. The van der Waals surface area contributed by atoms with Crippen LogP contribution in [-0.4, -0.2) is 86.5 Å². The zero-order valence-electron chi connectivity index (χ0n) is 29.8. The Balaban J connectivity index is 1.23. The largest absolute Gasteiger partial charge is 0.487 e.